The number of benzene rings is 1. The number of pyridine rings is 1. The van der Waals surface area contributed by atoms with Gasteiger partial charge in [-0.2, -0.15) is 0 Å². The van der Waals surface area contributed by atoms with E-state index >= 15 is 0 Å². The van der Waals surface area contributed by atoms with E-state index in [2.05, 4.69) is 10.6 Å². The third-order valence-corrected chi connectivity index (χ3v) is 4.81. The zero-order valence-electron chi connectivity index (χ0n) is 15.4. The summed E-state index contributed by atoms with van der Waals surface area (Å²) in [6.45, 7) is 0.104. The van der Waals surface area contributed by atoms with E-state index in [1.165, 1.54) is 36.0 Å². The van der Waals surface area contributed by atoms with E-state index < -0.39 is 17.4 Å². The molecule has 1 aromatic heterocycles. The van der Waals surface area contributed by atoms with Gasteiger partial charge in [0.2, 0.25) is 0 Å². The second-order valence-corrected chi connectivity index (χ2v) is 6.76. The van der Waals surface area contributed by atoms with Gasteiger partial charge in [-0.1, -0.05) is 12.1 Å². The fraction of sp³-hybridized carbons (Fsp3) is 0.300. The molecule has 1 saturated carbocycles. The third-order valence-electron chi connectivity index (χ3n) is 4.81. The number of carbonyl (C=O) groups is 3. The van der Waals surface area contributed by atoms with Crippen LogP contribution in [0.15, 0.2) is 41.3 Å². The van der Waals surface area contributed by atoms with Gasteiger partial charge in [0.05, 0.1) is 17.7 Å². The lowest BCUT2D eigenvalue weighted by Crippen LogP contribution is -2.40. The van der Waals surface area contributed by atoms with E-state index in [-0.39, 0.29) is 35.2 Å². The van der Waals surface area contributed by atoms with Crippen LogP contribution in [0, 0.1) is 0 Å². The van der Waals surface area contributed by atoms with Crippen molar-refractivity contribution in [2.24, 2.45) is 0 Å². The summed E-state index contributed by atoms with van der Waals surface area (Å²) < 4.78 is 1.29. The van der Waals surface area contributed by atoms with Gasteiger partial charge < -0.3 is 20.3 Å². The molecule has 0 bridgehead atoms. The lowest BCUT2D eigenvalue weighted by Gasteiger charge is -2.26. The summed E-state index contributed by atoms with van der Waals surface area (Å²) in [6, 6.07) is 7.50. The smallest absolute Gasteiger partial charge is 0.335 e. The van der Waals surface area contributed by atoms with Crippen molar-refractivity contribution in [2.75, 3.05) is 7.05 Å². The van der Waals surface area contributed by atoms with Gasteiger partial charge in [-0.05, 0) is 43.0 Å². The number of hydrogen-bond donors (Lipinski definition) is 3. The largest absolute Gasteiger partial charge is 0.478 e. The number of aromatic nitrogens is 1. The van der Waals surface area contributed by atoms with Gasteiger partial charge in [0.1, 0.15) is 5.56 Å². The first kappa shape index (κ1) is 19.3. The molecular weight excluding hydrogens is 362 g/mol. The van der Waals surface area contributed by atoms with Crippen LogP contribution in [-0.2, 0) is 6.54 Å². The minimum atomic E-state index is -1.04. The maximum Gasteiger partial charge on any atom is 0.335 e. The van der Waals surface area contributed by atoms with Gasteiger partial charge in [-0.3, -0.25) is 14.4 Å². The van der Waals surface area contributed by atoms with Crippen LogP contribution in [0.3, 0.4) is 0 Å². The Hall–Kier alpha value is -3.42. The summed E-state index contributed by atoms with van der Waals surface area (Å²) >= 11 is 0. The molecule has 3 rings (SSSR count). The van der Waals surface area contributed by atoms with E-state index in [0.29, 0.717) is 5.56 Å². The highest BCUT2D eigenvalue weighted by Gasteiger charge is 2.22. The average Bonchev–Trinajstić information content (AvgIpc) is 2.65. The van der Waals surface area contributed by atoms with Crippen LogP contribution in [0.25, 0.3) is 0 Å². The van der Waals surface area contributed by atoms with Crippen LogP contribution < -0.4 is 16.2 Å². The minimum Gasteiger partial charge on any atom is -0.478 e. The number of nitrogens with one attached hydrogen (secondary N) is 2. The molecule has 0 saturated heterocycles. The molecule has 1 fully saturated rings. The zero-order chi connectivity index (χ0) is 20.3. The highest BCUT2D eigenvalue weighted by Crippen LogP contribution is 2.18. The molecule has 1 aliphatic rings. The SMILES string of the molecule is CNC(=O)c1cc(C(=O)NC2CCC2)cn(Cc2ccc(C(=O)O)cc2)c1=O. The fourth-order valence-electron chi connectivity index (χ4n) is 2.95. The molecule has 0 aliphatic heterocycles. The molecule has 1 heterocycles. The first-order valence-corrected chi connectivity index (χ1v) is 8.98. The Kier molecular flexibility index (Phi) is 5.58. The zero-order valence-corrected chi connectivity index (χ0v) is 15.4. The lowest BCUT2D eigenvalue weighted by atomic mass is 9.93. The molecule has 0 spiro atoms. The van der Waals surface area contributed by atoms with Gasteiger partial charge in [0.15, 0.2) is 0 Å². The second kappa shape index (κ2) is 8.08. The summed E-state index contributed by atoms with van der Waals surface area (Å²) in [7, 11) is 1.41. The maximum atomic E-state index is 12.7. The van der Waals surface area contributed by atoms with Crippen molar-refractivity contribution in [2.45, 2.75) is 31.8 Å². The molecular formula is C20H21N3O5. The molecule has 0 unspecified atom stereocenters. The van der Waals surface area contributed by atoms with E-state index in [1.54, 1.807) is 12.1 Å². The van der Waals surface area contributed by atoms with E-state index in [0.717, 1.165) is 19.3 Å². The molecule has 2 amide bonds. The first-order valence-electron chi connectivity index (χ1n) is 8.98. The number of carboxylic acids is 1. The Morgan fingerprint density at radius 3 is 2.32 bits per heavy atom. The standard InChI is InChI=1S/C20H21N3O5/c1-21-18(25)16-9-14(17(24)22-15-3-2-4-15)11-23(19(16)26)10-12-5-7-13(8-6-12)20(27)28/h5-9,11,15H,2-4,10H2,1H3,(H,21,25)(H,22,24)(H,27,28). The van der Waals surface area contributed by atoms with E-state index in [1.807, 2.05) is 0 Å². The number of amides is 2. The maximum absolute atomic E-state index is 12.7. The Labute approximate surface area is 161 Å². The van der Waals surface area contributed by atoms with Crippen molar-refractivity contribution < 1.29 is 19.5 Å². The Balaban J connectivity index is 1.94. The molecule has 28 heavy (non-hydrogen) atoms. The normalized spacial score (nSPS) is 13.5. The monoisotopic (exact) mass is 383 g/mol. The molecule has 8 nitrogen and oxygen atoms in total. The van der Waals surface area contributed by atoms with E-state index in [4.69, 9.17) is 5.11 Å². The van der Waals surface area contributed by atoms with Gasteiger partial charge in [0.25, 0.3) is 17.4 Å². The molecule has 1 aromatic carbocycles. The van der Waals surface area contributed by atoms with Gasteiger partial charge in [0, 0.05) is 19.3 Å². The molecule has 146 valence electrons. The number of hydrogen-bond acceptors (Lipinski definition) is 4. The van der Waals surface area contributed by atoms with Crippen LogP contribution in [-0.4, -0.2) is 40.5 Å². The van der Waals surface area contributed by atoms with Crippen molar-refractivity contribution in [1.29, 1.82) is 0 Å². The quantitative estimate of drug-likeness (QED) is 0.694. The molecule has 1 aliphatic carbocycles. The number of rotatable bonds is 6. The van der Waals surface area contributed by atoms with Crippen LogP contribution >= 0.6 is 0 Å². The summed E-state index contributed by atoms with van der Waals surface area (Å²) in [4.78, 5) is 48.3. The number of aromatic carboxylic acids is 1. The molecule has 2 aromatic rings. The Bertz CT molecular complexity index is 974. The highest BCUT2D eigenvalue weighted by atomic mass is 16.4. The van der Waals surface area contributed by atoms with Crippen molar-refractivity contribution in [1.82, 2.24) is 15.2 Å². The summed E-state index contributed by atoms with van der Waals surface area (Å²) in [5, 5.41) is 14.3. The van der Waals surface area contributed by atoms with Gasteiger partial charge >= 0.3 is 5.97 Å². The van der Waals surface area contributed by atoms with Crippen molar-refractivity contribution in [3.8, 4) is 0 Å². The average molecular weight is 383 g/mol. The third kappa shape index (κ3) is 4.11. The van der Waals surface area contributed by atoms with Gasteiger partial charge in [-0.15, -0.1) is 0 Å². The van der Waals surface area contributed by atoms with Crippen molar-refractivity contribution >= 4 is 17.8 Å². The minimum absolute atomic E-state index is 0.104. The first-order chi connectivity index (χ1) is 13.4. The predicted octanol–water partition coefficient (Wildman–Crippen LogP) is 1.24. The number of nitrogens with zero attached hydrogens (tertiary/aromatic N) is 1. The highest BCUT2D eigenvalue weighted by molar-refractivity contribution is 5.99. The summed E-state index contributed by atoms with van der Waals surface area (Å²) in [5.74, 6) is -1.94. The Morgan fingerprint density at radius 2 is 1.79 bits per heavy atom. The van der Waals surface area contributed by atoms with Crippen molar-refractivity contribution in [3.63, 3.8) is 0 Å². The second-order valence-electron chi connectivity index (χ2n) is 6.76. The number of carboxylic acid groups (broad SMARTS) is 1. The lowest BCUT2D eigenvalue weighted by molar-refractivity contribution is 0.0696. The van der Waals surface area contributed by atoms with Crippen LogP contribution in [0.5, 0.6) is 0 Å². The summed E-state index contributed by atoms with van der Waals surface area (Å²) in [5.41, 5.74) is 0.391. The number of carbonyl (C=O) groups excluding carboxylic acids is 2. The predicted molar refractivity (Wildman–Crippen MR) is 102 cm³/mol. The topological polar surface area (TPSA) is 118 Å². The van der Waals surface area contributed by atoms with Crippen LogP contribution in [0.2, 0.25) is 0 Å². The van der Waals surface area contributed by atoms with E-state index in [9.17, 15) is 19.2 Å². The van der Waals surface area contributed by atoms with Crippen LogP contribution in [0.4, 0.5) is 0 Å². The Morgan fingerprint density at radius 1 is 1.11 bits per heavy atom. The summed E-state index contributed by atoms with van der Waals surface area (Å²) in [6.07, 6.45) is 4.33. The fourth-order valence-corrected chi connectivity index (χ4v) is 2.95. The van der Waals surface area contributed by atoms with Gasteiger partial charge in [-0.25, -0.2) is 4.79 Å². The van der Waals surface area contributed by atoms with Crippen LogP contribution in [0.1, 0.15) is 55.9 Å². The molecule has 0 radical (unpaired) electrons. The van der Waals surface area contributed by atoms with Crippen molar-refractivity contribution in [3.05, 3.63) is 69.1 Å². The molecule has 3 N–H and O–H groups in total. The molecule has 0 atom stereocenters. The molecule has 8 heteroatoms.